The van der Waals surface area contributed by atoms with Crippen LogP contribution in [0.5, 0.6) is 0 Å². The molecule has 2 atom stereocenters. The average Bonchev–Trinajstić information content (AvgIpc) is 2.16. The quantitative estimate of drug-likeness (QED) is 0.702. The molecule has 4 heteroatoms. The molecule has 1 aliphatic heterocycles. The van der Waals surface area contributed by atoms with E-state index in [-0.39, 0.29) is 11.3 Å². The molecule has 1 heterocycles. The third-order valence-electron chi connectivity index (χ3n) is 2.74. The molecule has 0 aliphatic carbocycles. The lowest BCUT2D eigenvalue weighted by molar-refractivity contribution is 0.537. The van der Waals surface area contributed by atoms with E-state index in [9.17, 15) is 8.42 Å². The van der Waals surface area contributed by atoms with Gasteiger partial charge in [-0.25, -0.2) is 8.42 Å². The van der Waals surface area contributed by atoms with Gasteiger partial charge in [-0.05, 0) is 25.0 Å². The van der Waals surface area contributed by atoms with Gasteiger partial charge in [-0.1, -0.05) is 18.2 Å². The number of hydrogen-bond donors (Lipinski definition) is 1. The van der Waals surface area contributed by atoms with Crippen LogP contribution in [-0.4, -0.2) is 13.7 Å². The molecule has 0 saturated carbocycles. The molecule has 2 N–H and O–H groups in total. The van der Waals surface area contributed by atoms with Gasteiger partial charge in [-0.15, -0.1) is 0 Å². The highest BCUT2D eigenvalue weighted by atomic mass is 32.2. The lowest BCUT2D eigenvalue weighted by atomic mass is 10.0. The Balaban J connectivity index is 2.69. The first-order chi connectivity index (χ1) is 6.53. The summed E-state index contributed by atoms with van der Waals surface area (Å²) in [4.78, 5) is 0.409. The van der Waals surface area contributed by atoms with Gasteiger partial charge in [0.15, 0.2) is 9.84 Å². The molecule has 2 rings (SSSR count). The fraction of sp³-hybridized carbons (Fsp3) is 0.400. The predicted octanol–water partition coefficient (Wildman–Crippen LogP) is 1.25. The van der Waals surface area contributed by atoms with E-state index in [4.69, 9.17) is 5.73 Å². The average molecular weight is 211 g/mol. The Morgan fingerprint density at radius 2 is 2.00 bits per heavy atom. The summed E-state index contributed by atoms with van der Waals surface area (Å²) in [6.45, 7) is 1.71. The van der Waals surface area contributed by atoms with Gasteiger partial charge in [0.05, 0.1) is 10.1 Å². The van der Waals surface area contributed by atoms with Gasteiger partial charge in [-0.2, -0.15) is 0 Å². The van der Waals surface area contributed by atoms with Crippen molar-refractivity contribution in [1.29, 1.82) is 0 Å². The highest BCUT2D eigenvalue weighted by molar-refractivity contribution is 7.92. The topological polar surface area (TPSA) is 60.2 Å². The zero-order valence-electron chi connectivity index (χ0n) is 7.97. The van der Waals surface area contributed by atoms with E-state index < -0.39 is 9.84 Å². The van der Waals surface area contributed by atoms with Crippen LogP contribution >= 0.6 is 0 Å². The summed E-state index contributed by atoms with van der Waals surface area (Å²) in [7, 11) is -3.13. The van der Waals surface area contributed by atoms with Gasteiger partial charge in [0, 0.05) is 6.04 Å². The maximum atomic E-state index is 11.9. The highest BCUT2D eigenvalue weighted by Gasteiger charge is 2.33. The van der Waals surface area contributed by atoms with Crippen LogP contribution in [0.25, 0.3) is 0 Å². The standard InChI is InChI=1S/C10H13NO2S/c1-7-6-9(11)8-4-2-3-5-10(8)14(7,12)13/h2-5,7,9H,6,11H2,1H3/t7-,9-/m1/s1. The molecule has 0 fully saturated rings. The van der Waals surface area contributed by atoms with Gasteiger partial charge < -0.3 is 5.73 Å². The van der Waals surface area contributed by atoms with Crippen molar-refractivity contribution in [1.82, 2.24) is 0 Å². The van der Waals surface area contributed by atoms with Crippen LogP contribution in [0.2, 0.25) is 0 Å². The second-order valence-electron chi connectivity index (χ2n) is 3.74. The first-order valence-corrected chi connectivity index (χ1v) is 6.16. The molecule has 0 bridgehead atoms. The molecule has 1 aromatic rings. The number of nitrogens with two attached hydrogens (primary N) is 1. The minimum atomic E-state index is -3.13. The number of hydrogen-bond acceptors (Lipinski definition) is 3. The Bertz CT molecular complexity index is 453. The molecule has 76 valence electrons. The SMILES string of the molecule is C[C@@H]1C[C@@H](N)c2ccccc2S1(=O)=O. The van der Waals surface area contributed by atoms with Gasteiger partial charge in [0.25, 0.3) is 0 Å². The Morgan fingerprint density at radius 3 is 2.71 bits per heavy atom. The Hall–Kier alpha value is -0.870. The summed E-state index contributed by atoms with van der Waals surface area (Å²) in [6, 6.07) is 6.85. The number of fused-ring (bicyclic) bond motifs is 1. The molecule has 1 aliphatic rings. The number of sulfone groups is 1. The second kappa shape index (κ2) is 3.07. The third kappa shape index (κ3) is 1.26. The lowest BCUT2D eigenvalue weighted by Crippen LogP contribution is -2.31. The molecule has 0 spiro atoms. The summed E-state index contributed by atoms with van der Waals surface area (Å²) < 4.78 is 23.8. The van der Waals surface area contributed by atoms with Gasteiger partial charge in [-0.3, -0.25) is 0 Å². The number of benzene rings is 1. The van der Waals surface area contributed by atoms with Crippen molar-refractivity contribution in [2.75, 3.05) is 0 Å². The summed E-state index contributed by atoms with van der Waals surface area (Å²) >= 11 is 0. The van der Waals surface area contributed by atoms with Gasteiger partial charge in [0.1, 0.15) is 0 Å². The summed E-state index contributed by atoms with van der Waals surface area (Å²) in [6.07, 6.45) is 0.513. The van der Waals surface area contributed by atoms with Gasteiger partial charge in [0.2, 0.25) is 0 Å². The minimum Gasteiger partial charge on any atom is -0.324 e. The predicted molar refractivity (Wildman–Crippen MR) is 54.6 cm³/mol. The second-order valence-corrected chi connectivity index (χ2v) is 6.07. The molecule has 0 radical (unpaired) electrons. The smallest absolute Gasteiger partial charge is 0.181 e. The molecule has 0 aromatic heterocycles. The third-order valence-corrected chi connectivity index (χ3v) is 4.98. The minimum absolute atomic E-state index is 0.148. The van der Waals surface area contributed by atoms with Crippen molar-refractivity contribution >= 4 is 9.84 Å². The summed E-state index contributed by atoms with van der Waals surface area (Å²) in [5.41, 5.74) is 6.65. The molecule has 0 unspecified atom stereocenters. The van der Waals surface area contributed by atoms with Crippen molar-refractivity contribution in [2.24, 2.45) is 5.73 Å². The van der Waals surface area contributed by atoms with Crippen LogP contribution in [-0.2, 0) is 9.84 Å². The van der Waals surface area contributed by atoms with Crippen LogP contribution in [0.15, 0.2) is 29.2 Å². The molecule has 1 aromatic carbocycles. The van der Waals surface area contributed by atoms with Crippen molar-refractivity contribution < 1.29 is 8.42 Å². The maximum absolute atomic E-state index is 11.9. The van der Waals surface area contributed by atoms with Gasteiger partial charge >= 0.3 is 0 Å². The van der Waals surface area contributed by atoms with Crippen molar-refractivity contribution in [3.8, 4) is 0 Å². The Kier molecular flexibility index (Phi) is 2.12. The van der Waals surface area contributed by atoms with Crippen LogP contribution < -0.4 is 5.73 Å². The fourth-order valence-electron chi connectivity index (χ4n) is 1.87. The van der Waals surface area contributed by atoms with Crippen molar-refractivity contribution in [3.63, 3.8) is 0 Å². The number of rotatable bonds is 0. The summed E-state index contributed by atoms with van der Waals surface area (Å²) in [5.74, 6) is 0. The van der Waals surface area contributed by atoms with Crippen LogP contribution in [0.4, 0.5) is 0 Å². The molecule has 0 saturated heterocycles. The van der Waals surface area contributed by atoms with Crippen LogP contribution in [0.3, 0.4) is 0 Å². The molecule has 3 nitrogen and oxygen atoms in total. The lowest BCUT2D eigenvalue weighted by Gasteiger charge is -2.26. The summed E-state index contributed by atoms with van der Waals surface area (Å²) in [5, 5.41) is -0.368. The molecular weight excluding hydrogens is 198 g/mol. The van der Waals surface area contributed by atoms with E-state index in [0.717, 1.165) is 5.56 Å². The van der Waals surface area contributed by atoms with E-state index in [0.29, 0.717) is 11.3 Å². The fourth-order valence-corrected chi connectivity index (χ4v) is 3.58. The first-order valence-electron chi connectivity index (χ1n) is 4.62. The van der Waals surface area contributed by atoms with E-state index in [1.807, 2.05) is 6.07 Å². The Morgan fingerprint density at radius 1 is 1.36 bits per heavy atom. The zero-order valence-corrected chi connectivity index (χ0v) is 8.79. The highest BCUT2D eigenvalue weighted by Crippen LogP contribution is 2.34. The largest absolute Gasteiger partial charge is 0.324 e. The maximum Gasteiger partial charge on any atom is 0.181 e. The van der Waals surface area contributed by atoms with Crippen LogP contribution in [0, 0.1) is 0 Å². The molecule has 0 amide bonds. The molecule has 14 heavy (non-hydrogen) atoms. The normalized spacial score (nSPS) is 29.6. The van der Waals surface area contributed by atoms with E-state index >= 15 is 0 Å². The van der Waals surface area contributed by atoms with E-state index in [1.54, 1.807) is 25.1 Å². The monoisotopic (exact) mass is 211 g/mol. The molecular formula is C10H13NO2S. The van der Waals surface area contributed by atoms with Crippen molar-refractivity contribution in [3.05, 3.63) is 29.8 Å². The van der Waals surface area contributed by atoms with E-state index in [1.165, 1.54) is 0 Å². The Labute approximate surface area is 83.9 Å². The van der Waals surface area contributed by atoms with Crippen molar-refractivity contribution in [2.45, 2.75) is 29.5 Å². The first kappa shape index (κ1) is 9.68. The van der Waals surface area contributed by atoms with E-state index in [2.05, 4.69) is 0 Å². The zero-order chi connectivity index (χ0) is 10.3. The van der Waals surface area contributed by atoms with Crippen LogP contribution in [0.1, 0.15) is 24.9 Å².